The van der Waals surface area contributed by atoms with Crippen LogP contribution in [-0.2, 0) is 33.6 Å². The number of nitrogens with one attached hydrogen (secondary N) is 4. The molecular formula is C20H32N4O10. The van der Waals surface area contributed by atoms with Crippen LogP contribution in [0, 0.1) is 5.92 Å². The van der Waals surface area contributed by atoms with Crippen LogP contribution in [-0.4, -0.2) is 81.0 Å². The van der Waals surface area contributed by atoms with Crippen LogP contribution in [0.2, 0.25) is 0 Å². The largest absolute Gasteiger partial charge is 0.481 e. The van der Waals surface area contributed by atoms with Gasteiger partial charge in [-0.1, -0.05) is 13.8 Å². The first-order chi connectivity index (χ1) is 15.6. The third-order valence-electron chi connectivity index (χ3n) is 4.55. The molecule has 0 spiro atoms. The molecule has 3 amide bonds. The van der Waals surface area contributed by atoms with E-state index in [9.17, 15) is 33.6 Å². The highest BCUT2D eigenvalue weighted by atomic mass is 16.4. The quantitative estimate of drug-likeness (QED) is 0.123. The Morgan fingerprint density at radius 2 is 1.26 bits per heavy atom. The van der Waals surface area contributed by atoms with Crippen molar-refractivity contribution in [1.82, 2.24) is 21.3 Å². The highest BCUT2D eigenvalue weighted by Crippen LogP contribution is 2.08. The van der Waals surface area contributed by atoms with Crippen molar-refractivity contribution in [3.05, 3.63) is 0 Å². The number of carboxylic acids is 3. The Kier molecular flexibility index (Phi) is 13.0. The number of aliphatic carboxylic acids is 3. The van der Waals surface area contributed by atoms with E-state index in [1.807, 2.05) is 0 Å². The van der Waals surface area contributed by atoms with E-state index in [2.05, 4.69) is 21.3 Å². The fourth-order valence-corrected chi connectivity index (χ4v) is 2.89. The number of carboxylic acid groups (broad SMARTS) is 3. The molecule has 4 atom stereocenters. The number of carbonyl (C=O) groups is 7. The molecule has 4 unspecified atom stereocenters. The van der Waals surface area contributed by atoms with Crippen molar-refractivity contribution in [2.24, 2.45) is 5.92 Å². The first-order valence-corrected chi connectivity index (χ1v) is 10.4. The molecule has 0 aliphatic rings. The highest BCUT2D eigenvalue weighted by molar-refractivity contribution is 5.94. The summed E-state index contributed by atoms with van der Waals surface area (Å²) in [5.41, 5.74) is 0. The molecule has 0 saturated heterocycles. The van der Waals surface area contributed by atoms with Gasteiger partial charge in [-0.3, -0.25) is 38.9 Å². The molecule has 0 saturated carbocycles. The third-order valence-corrected chi connectivity index (χ3v) is 4.55. The maximum absolute atomic E-state index is 12.9. The van der Waals surface area contributed by atoms with Gasteiger partial charge < -0.3 is 31.3 Å². The van der Waals surface area contributed by atoms with Crippen LogP contribution in [0.25, 0.3) is 0 Å². The maximum atomic E-state index is 12.9. The minimum Gasteiger partial charge on any atom is -0.481 e. The van der Waals surface area contributed by atoms with Gasteiger partial charge in [-0.25, -0.2) is 0 Å². The van der Waals surface area contributed by atoms with Gasteiger partial charge in [0.05, 0.1) is 31.1 Å². The molecule has 0 aromatic carbocycles. The minimum atomic E-state index is -1.32. The molecule has 7 N–H and O–H groups in total. The molecule has 0 rings (SSSR count). The van der Waals surface area contributed by atoms with Gasteiger partial charge in [0.25, 0.3) is 0 Å². The van der Waals surface area contributed by atoms with Crippen LogP contribution >= 0.6 is 0 Å². The number of hydrogen-bond donors (Lipinski definition) is 7. The summed E-state index contributed by atoms with van der Waals surface area (Å²) in [4.78, 5) is 81.7. The van der Waals surface area contributed by atoms with E-state index < -0.39 is 90.9 Å². The molecule has 0 aliphatic carbocycles. The zero-order valence-electron chi connectivity index (χ0n) is 19.4. The molecule has 0 aromatic rings. The molecule has 0 aliphatic heterocycles. The highest BCUT2D eigenvalue weighted by Gasteiger charge is 2.32. The molecule has 0 bridgehead atoms. The van der Waals surface area contributed by atoms with Crippen molar-refractivity contribution in [1.29, 1.82) is 0 Å². The smallest absolute Gasteiger partial charge is 0.306 e. The van der Waals surface area contributed by atoms with E-state index in [-0.39, 0.29) is 6.42 Å². The fraction of sp³-hybridized carbons (Fsp3) is 0.650. The molecule has 0 radical (unpaired) electrons. The van der Waals surface area contributed by atoms with Crippen molar-refractivity contribution in [3.8, 4) is 0 Å². The number of rotatable bonds is 16. The summed E-state index contributed by atoms with van der Waals surface area (Å²) in [6.07, 6.45) is -3.24. The van der Waals surface area contributed by atoms with E-state index in [1.54, 1.807) is 13.8 Å². The Bertz CT molecular complexity index is 782. The number of Topliss-reactive ketones (excluding diaryl/α,β-unsaturated/α-hetero) is 1. The first-order valence-electron chi connectivity index (χ1n) is 10.4. The molecule has 192 valence electrons. The topological polar surface area (TPSA) is 228 Å². The third kappa shape index (κ3) is 12.5. The summed E-state index contributed by atoms with van der Waals surface area (Å²) in [6, 6.07) is -3.84. The van der Waals surface area contributed by atoms with Gasteiger partial charge in [-0.05, 0) is 19.3 Å². The number of amides is 3. The number of ketones is 1. The Hall–Kier alpha value is -3.55. The predicted octanol–water partition coefficient (Wildman–Crippen LogP) is -1.56. The second-order valence-corrected chi connectivity index (χ2v) is 8.00. The van der Waals surface area contributed by atoms with E-state index in [4.69, 9.17) is 15.3 Å². The summed E-state index contributed by atoms with van der Waals surface area (Å²) >= 11 is 0. The van der Waals surface area contributed by atoms with Crippen molar-refractivity contribution in [2.75, 3.05) is 0 Å². The van der Waals surface area contributed by atoms with Crippen LogP contribution < -0.4 is 21.3 Å². The molecule has 0 aromatic heterocycles. The van der Waals surface area contributed by atoms with Gasteiger partial charge in [-0.15, -0.1) is 0 Å². The second-order valence-electron chi connectivity index (χ2n) is 8.00. The summed E-state index contributed by atoms with van der Waals surface area (Å²) in [5.74, 6) is -7.24. The van der Waals surface area contributed by atoms with Gasteiger partial charge in [0.2, 0.25) is 17.7 Å². The van der Waals surface area contributed by atoms with Gasteiger partial charge in [0.1, 0.15) is 6.04 Å². The maximum Gasteiger partial charge on any atom is 0.306 e. The lowest BCUT2D eigenvalue weighted by atomic mass is 10.0. The van der Waals surface area contributed by atoms with Crippen LogP contribution in [0.15, 0.2) is 0 Å². The number of carbonyl (C=O) groups excluding carboxylic acids is 4. The molecule has 14 nitrogen and oxygen atoms in total. The van der Waals surface area contributed by atoms with Crippen LogP contribution in [0.1, 0.15) is 53.4 Å². The standard InChI is InChI=1S/C20H32N4O10/c1-9(2)18(20(34)23-13(10(3)25)7-16(29)30)24-19(33)12(5-6-15(27)28)22-14(8-17(31)32)21-11(4)26/h9,12-14,18,22H,5-8H2,1-4H3,(H,21,26)(H,23,34)(H,24,33)(H,27,28)(H,29,30)(H,31,32). The zero-order chi connectivity index (χ0) is 26.6. The van der Waals surface area contributed by atoms with Crippen molar-refractivity contribution < 1.29 is 48.9 Å². The van der Waals surface area contributed by atoms with Gasteiger partial charge in [0, 0.05) is 13.3 Å². The summed E-state index contributed by atoms with van der Waals surface area (Å²) in [7, 11) is 0. The Morgan fingerprint density at radius 1 is 0.706 bits per heavy atom. The van der Waals surface area contributed by atoms with Crippen molar-refractivity contribution >= 4 is 41.4 Å². The monoisotopic (exact) mass is 488 g/mol. The lowest BCUT2D eigenvalue weighted by Crippen LogP contribution is -2.59. The van der Waals surface area contributed by atoms with E-state index in [0.717, 1.165) is 13.8 Å². The summed E-state index contributed by atoms with van der Waals surface area (Å²) in [6.45, 7) is 5.39. The van der Waals surface area contributed by atoms with Gasteiger partial charge in [-0.2, -0.15) is 0 Å². The minimum absolute atomic E-state index is 0.293. The molecule has 0 heterocycles. The average molecular weight is 488 g/mol. The predicted molar refractivity (Wildman–Crippen MR) is 115 cm³/mol. The van der Waals surface area contributed by atoms with Gasteiger partial charge in [0.15, 0.2) is 5.78 Å². The van der Waals surface area contributed by atoms with Crippen molar-refractivity contribution in [3.63, 3.8) is 0 Å². The van der Waals surface area contributed by atoms with Gasteiger partial charge >= 0.3 is 17.9 Å². The summed E-state index contributed by atoms with van der Waals surface area (Å²) in [5, 5.41) is 36.6. The Balaban J connectivity index is 5.66. The molecule has 0 fully saturated rings. The Morgan fingerprint density at radius 3 is 1.68 bits per heavy atom. The van der Waals surface area contributed by atoms with E-state index >= 15 is 0 Å². The van der Waals surface area contributed by atoms with Crippen molar-refractivity contribution in [2.45, 2.75) is 77.7 Å². The second kappa shape index (κ2) is 14.6. The molecule has 14 heteroatoms. The average Bonchev–Trinajstić information content (AvgIpc) is 2.66. The first kappa shape index (κ1) is 30.4. The zero-order valence-corrected chi connectivity index (χ0v) is 19.4. The molecular weight excluding hydrogens is 456 g/mol. The van der Waals surface area contributed by atoms with Crippen LogP contribution in [0.3, 0.4) is 0 Å². The number of hydrogen-bond acceptors (Lipinski definition) is 8. The van der Waals surface area contributed by atoms with Crippen LogP contribution in [0.5, 0.6) is 0 Å². The van der Waals surface area contributed by atoms with Crippen LogP contribution in [0.4, 0.5) is 0 Å². The fourth-order valence-electron chi connectivity index (χ4n) is 2.89. The molecule has 34 heavy (non-hydrogen) atoms. The van der Waals surface area contributed by atoms with E-state index in [1.165, 1.54) is 0 Å². The summed E-state index contributed by atoms with van der Waals surface area (Å²) < 4.78 is 0. The SMILES string of the molecule is CC(=O)NC(CC(=O)O)NC(CCC(=O)O)C(=O)NC(C(=O)NC(CC(=O)O)C(C)=O)C(C)C. The Labute approximate surface area is 195 Å². The normalized spacial score (nSPS) is 14.3. The lowest BCUT2D eigenvalue weighted by Gasteiger charge is -2.28. The lowest BCUT2D eigenvalue weighted by molar-refractivity contribution is -0.141. The van der Waals surface area contributed by atoms with E-state index in [0.29, 0.717) is 0 Å².